The van der Waals surface area contributed by atoms with E-state index < -0.39 is 0 Å². The fourth-order valence-corrected chi connectivity index (χ4v) is 1.20. The summed E-state index contributed by atoms with van der Waals surface area (Å²) in [5, 5.41) is 0. The molecule has 86 valence electrons. The van der Waals surface area contributed by atoms with Crippen molar-refractivity contribution in [3.8, 4) is 0 Å². The van der Waals surface area contributed by atoms with Crippen LogP contribution >= 0.6 is 0 Å². The zero-order valence-corrected chi connectivity index (χ0v) is 11.1. The van der Waals surface area contributed by atoms with Crippen LogP contribution in [0.15, 0.2) is 11.8 Å². The Balaban J connectivity index is 0. The van der Waals surface area contributed by atoms with E-state index in [1.54, 1.807) is 0 Å². The quantitative estimate of drug-likeness (QED) is 0.599. The van der Waals surface area contributed by atoms with E-state index in [0.29, 0.717) is 11.8 Å². The molecule has 0 aromatic rings. The number of allylic oxidation sites excluding steroid dienone is 1. The van der Waals surface area contributed by atoms with Gasteiger partial charge in [0.25, 0.3) is 0 Å². The molecule has 0 fully saturated rings. The fraction of sp³-hybridized carbons (Fsp3) is 0.846. The molecule has 1 aliphatic heterocycles. The third-order valence-electron chi connectivity index (χ3n) is 1.94. The van der Waals surface area contributed by atoms with Crippen molar-refractivity contribution < 1.29 is 4.74 Å². The number of ether oxygens (including phenoxy) is 1. The molecule has 1 aliphatic rings. The third-order valence-corrected chi connectivity index (χ3v) is 1.94. The van der Waals surface area contributed by atoms with Crippen LogP contribution in [0.2, 0.25) is 0 Å². The van der Waals surface area contributed by atoms with Crippen molar-refractivity contribution >= 4 is 0 Å². The summed E-state index contributed by atoms with van der Waals surface area (Å²) in [7, 11) is 0. The van der Waals surface area contributed by atoms with Crippen LogP contribution in [0.1, 0.15) is 54.9 Å². The molecule has 0 N–H and O–H groups in total. The molecular formula is C13H28O. The lowest BCUT2D eigenvalue weighted by atomic mass is 9.93. The maximum absolute atomic E-state index is 5.29. The Hall–Kier alpha value is -0.460. The standard InChI is InChI=1S/C9H16O.2C2H6/c1-7(2)9-4-8(3)5-10-6-9;2*1-2/h6-8H,4-5H2,1-3H3;2*1-2H3. The van der Waals surface area contributed by atoms with Crippen LogP contribution in [0.5, 0.6) is 0 Å². The highest BCUT2D eigenvalue weighted by Crippen LogP contribution is 2.23. The van der Waals surface area contributed by atoms with Gasteiger partial charge in [0.1, 0.15) is 0 Å². The molecule has 0 saturated heterocycles. The smallest absolute Gasteiger partial charge is 0.0901 e. The molecule has 1 nitrogen and oxygen atoms in total. The molecule has 1 atom stereocenters. The molecule has 1 heteroatoms. The van der Waals surface area contributed by atoms with Crippen LogP contribution in [0.3, 0.4) is 0 Å². The highest BCUT2D eigenvalue weighted by atomic mass is 16.5. The van der Waals surface area contributed by atoms with E-state index in [-0.39, 0.29) is 0 Å². The molecule has 0 amide bonds. The summed E-state index contributed by atoms with van der Waals surface area (Å²) in [6, 6.07) is 0. The normalized spacial score (nSPS) is 19.4. The van der Waals surface area contributed by atoms with Crippen LogP contribution < -0.4 is 0 Å². The molecule has 14 heavy (non-hydrogen) atoms. The van der Waals surface area contributed by atoms with Gasteiger partial charge in [0.2, 0.25) is 0 Å². The fourth-order valence-electron chi connectivity index (χ4n) is 1.20. The number of hydrogen-bond acceptors (Lipinski definition) is 1. The summed E-state index contributed by atoms with van der Waals surface area (Å²) < 4.78 is 5.29. The molecule has 1 unspecified atom stereocenters. The van der Waals surface area contributed by atoms with Gasteiger partial charge in [-0.3, -0.25) is 0 Å². The lowest BCUT2D eigenvalue weighted by molar-refractivity contribution is 0.174. The van der Waals surface area contributed by atoms with E-state index in [0.717, 1.165) is 6.61 Å². The van der Waals surface area contributed by atoms with E-state index in [1.165, 1.54) is 12.0 Å². The zero-order valence-electron chi connectivity index (χ0n) is 11.1. The van der Waals surface area contributed by atoms with Gasteiger partial charge >= 0.3 is 0 Å². The second-order valence-corrected chi connectivity index (χ2v) is 3.49. The van der Waals surface area contributed by atoms with Gasteiger partial charge in [-0.2, -0.15) is 0 Å². The molecule has 0 radical (unpaired) electrons. The van der Waals surface area contributed by atoms with Gasteiger partial charge in [0.15, 0.2) is 0 Å². The van der Waals surface area contributed by atoms with Crippen molar-refractivity contribution in [3.05, 3.63) is 11.8 Å². The predicted octanol–water partition coefficient (Wildman–Crippen LogP) is 4.64. The van der Waals surface area contributed by atoms with Crippen molar-refractivity contribution in [2.45, 2.75) is 54.9 Å². The number of rotatable bonds is 1. The highest BCUT2D eigenvalue weighted by Gasteiger charge is 2.13. The van der Waals surface area contributed by atoms with Crippen LogP contribution in [0.25, 0.3) is 0 Å². The molecule has 0 aliphatic carbocycles. The van der Waals surface area contributed by atoms with Gasteiger partial charge in [-0.1, -0.05) is 48.5 Å². The van der Waals surface area contributed by atoms with Crippen LogP contribution in [-0.2, 0) is 4.74 Å². The summed E-state index contributed by atoms with van der Waals surface area (Å²) in [5.41, 5.74) is 1.46. The first-order chi connectivity index (χ1) is 6.70. The Morgan fingerprint density at radius 1 is 1.21 bits per heavy atom. The van der Waals surface area contributed by atoms with Gasteiger partial charge in [-0.05, 0) is 23.8 Å². The molecule has 0 aromatic carbocycles. The first kappa shape index (κ1) is 16.0. The summed E-state index contributed by atoms with van der Waals surface area (Å²) >= 11 is 0. The Morgan fingerprint density at radius 2 is 1.71 bits per heavy atom. The topological polar surface area (TPSA) is 9.23 Å². The first-order valence-corrected chi connectivity index (χ1v) is 6.00. The van der Waals surface area contributed by atoms with E-state index in [4.69, 9.17) is 4.74 Å². The largest absolute Gasteiger partial charge is 0.501 e. The molecule has 0 saturated carbocycles. The van der Waals surface area contributed by atoms with Crippen molar-refractivity contribution in [2.75, 3.05) is 6.61 Å². The average Bonchev–Trinajstić information content (AvgIpc) is 2.24. The van der Waals surface area contributed by atoms with E-state index in [2.05, 4.69) is 20.8 Å². The molecule has 0 aromatic heterocycles. The third kappa shape index (κ3) is 6.99. The van der Waals surface area contributed by atoms with Crippen molar-refractivity contribution in [2.24, 2.45) is 11.8 Å². The van der Waals surface area contributed by atoms with Crippen molar-refractivity contribution in [1.29, 1.82) is 0 Å². The van der Waals surface area contributed by atoms with Gasteiger partial charge in [0.05, 0.1) is 12.9 Å². The Morgan fingerprint density at radius 3 is 2.00 bits per heavy atom. The van der Waals surface area contributed by atoms with E-state index >= 15 is 0 Å². The minimum absolute atomic E-state index is 0.655. The second-order valence-electron chi connectivity index (χ2n) is 3.49. The lowest BCUT2D eigenvalue weighted by Gasteiger charge is -2.21. The highest BCUT2D eigenvalue weighted by molar-refractivity contribution is 5.04. The minimum atomic E-state index is 0.655. The Kier molecular flexibility index (Phi) is 12.1. The maximum atomic E-state index is 5.29. The van der Waals surface area contributed by atoms with Crippen molar-refractivity contribution in [3.63, 3.8) is 0 Å². The molecule has 0 bridgehead atoms. The van der Waals surface area contributed by atoms with E-state index in [1.807, 2.05) is 34.0 Å². The SMILES string of the molecule is CC.CC.CC1COC=C(C(C)C)C1. The second kappa shape index (κ2) is 10.6. The summed E-state index contributed by atoms with van der Waals surface area (Å²) in [6.07, 6.45) is 3.16. The lowest BCUT2D eigenvalue weighted by Crippen LogP contribution is -2.12. The zero-order chi connectivity index (χ0) is 11.6. The predicted molar refractivity (Wildman–Crippen MR) is 65.4 cm³/mol. The summed E-state index contributed by atoms with van der Waals surface area (Å²) in [5.74, 6) is 1.37. The Bertz CT molecular complexity index is 136. The van der Waals surface area contributed by atoms with Gasteiger partial charge in [-0.25, -0.2) is 0 Å². The molecular weight excluding hydrogens is 172 g/mol. The van der Waals surface area contributed by atoms with Gasteiger partial charge < -0.3 is 4.74 Å². The molecule has 0 spiro atoms. The monoisotopic (exact) mass is 200 g/mol. The van der Waals surface area contributed by atoms with Crippen LogP contribution in [0.4, 0.5) is 0 Å². The van der Waals surface area contributed by atoms with Crippen molar-refractivity contribution in [1.82, 2.24) is 0 Å². The number of hydrogen-bond donors (Lipinski definition) is 0. The first-order valence-electron chi connectivity index (χ1n) is 6.00. The molecule has 1 heterocycles. The van der Waals surface area contributed by atoms with Gasteiger partial charge in [-0.15, -0.1) is 0 Å². The van der Waals surface area contributed by atoms with E-state index in [9.17, 15) is 0 Å². The van der Waals surface area contributed by atoms with Crippen LogP contribution in [-0.4, -0.2) is 6.61 Å². The summed E-state index contributed by atoms with van der Waals surface area (Å²) in [6.45, 7) is 15.6. The Labute approximate surface area is 90.5 Å². The maximum Gasteiger partial charge on any atom is 0.0901 e. The van der Waals surface area contributed by atoms with Gasteiger partial charge in [0, 0.05) is 0 Å². The molecule has 1 rings (SSSR count). The summed E-state index contributed by atoms with van der Waals surface area (Å²) in [4.78, 5) is 0. The van der Waals surface area contributed by atoms with Crippen LogP contribution in [0, 0.1) is 11.8 Å². The average molecular weight is 200 g/mol. The minimum Gasteiger partial charge on any atom is -0.501 e.